The summed E-state index contributed by atoms with van der Waals surface area (Å²) in [4.78, 5) is 38.3. The number of hydrogen-bond donors (Lipinski definition) is 0. The minimum atomic E-state index is -4.78. The van der Waals surface area contributed by atoms with Gasteiger partial charge in [-0.1, -0.05) is 80.8 Å². The van der Waals surface area contributed by atoms with Crippen LogP contribution in [0.1, 0.15) is 71.7 Å². The molecule has 0 bridgehead atoms. The molecule has 0 saturated carbocycles. The number of alkyl halides is 3. The topological polar surface area (TPSA) is 69.7 Å². The third-order valence-electron chi connectivity index (χ3n) is 7.12. The van der Waals surface area contributed by atoms with Crippen LogP contribution in [0.25, 0.3) is 16.3 Å². The molecule has 0 radical (unpaired) electrons. The van der Waals surface area contributed by atoms with Crippen LogP contribution in [-0.2, 0) is 14.3 Å². The third kappa shape index (κ3) is 7.48. The maximum Gasteiger partial charge on any atom is 0.425 e. The molecule has 9 heteroatoms. The fraction of sp³-hybridized carbons (Fsp3) is 0.303. The first-order valence-corrected chi connectivity index (χ1v) is 14.1. The van der Waals surface area contributed by atoms with Crippen LogP contribution in [0.4, 0.5) is 13.2 Å². The molecule has 0 heterocycles. The molecule has 0 fully saturated rings. The van der Waals surface area contributed by atoms with E-state index in [0.717, 1.165) is 24.0 Å². The van der Waals surface area contributed by atoms with E-state index in [4.69, 9.17) is 21.1 Å². The predicted molar refractivity (Wildman–Crippen MR) is 155 cm³/mol. The van der Waals surface area contributed by atoms with Crippen LogP contribution in [0.15, 0.2) is 85.0 Å². The van der Waals surface area contributed by atoms with Crippen LogP contribution in [-0.4, -0.2) is 35.1 Å². The largest absolute Gasteiger partial charge is 0.449 e. The Bertz CT molecular complexity index is 1510. The van der Waals surface area contributed by atoms with Gasteiger partial charge in [-0.15, -0.1) is 0 Å². The Morgan fingerprint density at radius 1 is 0.929 bits per heavy atom. The predicted octanol–water partition coefficient (Wildman–Crippen LogP) is 8.60. The number of rotatable bonds is 11. The molecular formula is C33H30ClF3O5. The van der Waals surface area contributed by atoms with Gasteiger partial charge in [-0.25, -0.2) is 9.59 Å². The molecule has 3 aromatic rings. The number of carbonyl (C=O) groups is 3. The zero-order valence-electron chi connectivity index (χ0n) is 23.0. The standard InChI is InChI=1S/C33H30ClF3O5/c1-2-3-4-8-11-28(33(35,36)37)41-31(40)32(18-16-23(17-19-32)22-9-6-5-7-10-22)42-30(39)27-15-13-24-20-26(29(34)38)14-12-25(24)21-27/h5-7,9-10,12-18,20-21,28H,2-4,8,11,19H2,1H3. The Morgan fingerprint density at radius 2 is 1.60 bits per heavy atom. The maximum atomic E-state index is 13.9. The van der Waals surface area contributed by atoms with Gasteiger partial charge < -0.3 is 9.47 Å². The Labute approximate surface area is 247 Å². The van der Waals surface area contributed by atoms with Gasteiger partial charge in [0.25, 0.3) is 5.24 Å². The molecular weight excluding hydrogens is 569 g/mol. The monoisotopic (exact) mass is 598 g/mol. The molecule has 5 nitrogen and oxygen atoms in total. The van der Waals surface area contributed by atoms with Crippen LogP contribution in [0, 0.1) is 0 Å². The summed E-state index contributed by atoms with van der Waals surface area (Å²) in [5.41, 5.74) is -0.208. The van der Waals surface area contributed by atoms with Gasteiger partial charge >= 0.3 is 18.1 Å². The number of unbranched alkanes of at least 4 members (excludes halogenated alkanes) is 3. The van der Waals surface area contributed by atoms with Crippen LogP contribution in [0.5, 0.6) is 0 Å². The van der Waals surface area contributed by atoms with Gasteiger partial charge in [0.2, 0.25) is 5.60 Å². The summed E-state index contributed by atoms with van der Waals surface area (Å²) in [5, 5.41) is 0.601. The highest BCUT2D eigenvalue weighted by Gasteiger charge is 2.49. The van der Waals surface area contributed by atoms with Crippen LogP contribution in [0.2, 0.25) is 0 Å². The van der Waals surface area contributed by atoms with Gasteiger partial charge in [0.1, 0.15) is 0 Å². The van der Waals surface area contributed by atoms with Crippen molar-refractivity contribution in [3.8, 4) is 0 Å². The van der Waals surface area contributed by atoms with Gasteiger partial charge in [0.05, 0.1) is 5.56 Å². The lowest BCUT2D eigenvalue weighted by atomic mass is 9.89. The lowest BCUT2D eigenvalue weighted by molar-refractivity contribution is -0.229. The average Bonchev–Trinajstić information content (AvgIpc) is 2.98. The first-order chi connectivity index (χ1) is 20.0. The zero-order chi connectivity index (χ0) is 30.3. The van der Waals surface area contributed by atoms with Gasteiger partial charge in [0.15, 0.2) is 6.10 Å². The van der Waals surface area contributed by atoms with E-state index >= 15 is 0 Å². The van der Waals surface area contributed by atoms with Gasteiger partial charge in [-0.05, 0) is 76.7 Å². The Morgan fingerprint density at radius 3 is 2.19 bits per heavy atom. The van der Waals surface area contributed by atoms with Crippen LogP contribution in [0.3, 0.4) is 0 Å². The number of carbonyl (C=O) groups excluding carboxylic acids is 3. The second-order valence-electron chi connectivity index (χ2n) is 10.2. The molecule has 2 unspecified atom stereocenters. The molecule has 1 aliphatic carbocycles. The molecule has 0 N–H and O–H groups in total. The summed E-state index contributed by atoms with van der Waals surface area (Å²) in [6, 6.07) is 18.4. The number of halogens is 4. The van der Waals surface area contributed by atoms with Crippen molar-refractivity contribution in [3.63, 3.8) is 0 Å². The molecule has 2 atom stereocenters. The van der Waals surface area contributed by atoms with Crippen LogP contribution >= 0.6 is 11.6 Å². The molecule has 220 valence electrons. The number of benzene rings is 3. The van der Waals surface area contributed by atoms with Crippen LogP contribution < -0.4 is 0 Å². The van der Waals surface area contributed by atoms with Crippen molar-refractivity contribution in [2.45, 2.75) is 63.3 Å². The summed E-state index contributed by atoms with van der Waals surface area (Å²) in [6.07, 6.45) is -0.809. The third-order valence-corrected chi connectivity index (χ3v) is 7.34. The molecule has 1 aliphatic rings. The summed E-state index contributed by atoms with van der Waals surface area (Å²) in [7, 11) is 0. The lowest BCUT2D eigenvalue weighted by Crippen LogP contribution is -2.47. The molecule has 0 saturated heterocycles. The van der Waals surface area contributed by atoms with Crippen molar-refractivity contribution < 1.29 is 37.0 Å². The maximum absolute atomic E-state index is 13.9. The van der Waals surface area contributed by atoms with Crippen molar-refractivity contribution in [2.24, 2.45) is 0 Å². The van der Waals surface area contributed by atoms with Gasteiger partial charge in [-0.3, -0.25) is 4.79 Å². The van der Waals surface area contributed by atoms with Crippen molar-refractivity contribution in [3.05, 3.63) is 102 Å². The molecule has 0 aromatic heterocycles. The number of esters is 2. The first kappa shape index (κ1) is 31.0. The zero-order valence-corrected chi connectivity index (χ0v) is 23.7. The average molecular weight is 599 g/mol. The SMILES string of the molecule is CCCCCCC(OC(=O)C1(OC(=O)c2ccc3cc(C(=O)Cl)ccc3c2)C=CC(c2ccccc2)=CC1)C(F)(F)F. The summed E-state index contributed by atoms with van der Waals surface area (Å²) in [6.45, 7) is 1.94. The summed E-state index contributed by atoms with van der Waals surface area (Å²) < 4.78 is 52.4. The first-order valence-electron chi connectivity index (χ1n) is 13.7. The lowest BCUT2D eigenvalue weighted by Gasteiger charge is -2.32. The van der Waals surface area contributed by atoms with Gasteiger partial charge in [-0.2, -0.15) is 13.2 Å². The van der Waals surface area contributed by atoms with E-state index < -0.39 is 35.1 Å². The molecule has 42 heavy (non-hydrogen) atoms. The minimum absolute atomic E-state index is 0.0674. The number of ether oxygens (including phenoxy) is 2. The number of fused-ring (bicyclic) bond motifs is 1. The quantitative estimate of drug-likeness (QED) is 0.126. The normalized spacial score (nSPS) is 17.4. The Hall–Kier alpha value is -3.91. The van der Waals surface area contributed by atoms with Gasteiger partial charge in [0, 0.05) is 12.0 Å². The van der Waals surface area contributed by atoms with E-state index in [1.54, 1.807) is 30.4 Å². The van der Waals surface area contributed by atoms with Crippen molar-refractivity contribution >= 4 is 45.1 Å². The van der Waals surface area contributed by atoms with Crippen molar-refractivity contribution in [1.29, 1.82) is 0 Å². The van der Waals surface area contributed by atoms with Crippen molar-refractivity contribution in [2.75, 3.05) is 0 Å². The number of allylic oxidation sites excluding steroid dienone is 2. The van der Waals surface area contributed by atoms with E-state index in [0.29, 0.717) is 17.2 Å². The summed E-state index contributed by atoms with van der Waals surface area (Å²) in [5.74, 6) is -2.21. The second-order valence-corrected chi connectivity index (χ2v) is 10.5. The van der Waals surface area contributed by atoms with Crippen molar-refractivity contribution in [1.82, 2.24) is 0 Å². The highest BCUT2D eigenvalue weighted by Crippen LogP contribution is 2.35. The molecule has 0 aliphatic heterocycles. The summed E-state index contributed by atoms with van der Waals surface area (Å²) >= 11 is 5.56. The Balaban J connectivity index is 1.62. The molecule has 0 spiro atoms. The highest BCUT2D eigenvalue weighted by atomic mass is 35.5. The van der Waals surface area contributed by atoms with E-state index in [1.165, 1.54) is 24.3 Å². The second kappa shape index (κ2) is 13.4. The van der Waals surface area contributed by atoms with E-state index in [-0.39, 0.29) is 30.4 Å². The molecule has 3 aromatic carbocycles. The fourth-order valence-corrected chi connectivity index (χ4v) is 4.85. The smallest absolute Gasteiger partial charge is 0.425 e. The Kier molecular flexibility index (Phi) is 9.89. The van der Waals surface area contributed by atoms with E-state index in [1.807, 2.05) is 37.3 Å². The number of hydrogen-bond acceptors (Lipinski definition) is 5. The molecule has 0 amide bonds. The highest BCUT2D eigenvalue weighted by molar-refractivity contribution is 6.67. The minimum Gasteiger partial charge on any atom is -0.449 e. The van der Waals surface area contributed by atoms with E-state index in [2.05, 4.69) is 0 Å². The van der Waals surface area contributed by atoms with E-state index in [9.17, 15) is 27.6 Å². The molecule has 4 rings (SSSR count). The fourth-order valence-electron chi connectivity index (χ4n) is 4.73.